The summed E-state index contributed by atoms with van der Waals surface area (Å²) in [5, 5.41) is 2.27. The van der Waals surface area contributed by atoms with Crippen molar-refractivity contribution in [3.05, 3.63) is 187 Å². The Morgan fingerprint density at radius 2 is 1.19 bits per heavy atom. The molecule has 4 aliphatic rings. The fourth-order valence-corrected chi connectivity index (χ4v) is 13.0. The minimum absolute atomic E-state index is 0.0454. The Morgan fingerprint density at radius 3 is 1.88 bits per heavy atom. The summed E-state index contributed by atoms with van der Waals surface area (Å²) in [5.74, 6) is 0. The summed E-state index contributed by atoms with van der Waals surface area (Å²) in [6.07, 6.45) is 4.71. The first-order valence-corrected chi connectivity index (χ1v) is 25.3. The molecule has 8 aromatic carbocycles. The Hall–Kier alpha value is -6.98. The van der Waals surface area contributed by atoms with E-state index in [9.17, 15) is 0 Å². The van der Waals surface area contributed by atoms with Crippen molar-refractivity contribution in [2.24, 2.45) is 0 Å². The highest BCUT2D eigenvalue weighted by atomic mass is 16.3. The van der Waals surface area contributed by atoms with Gasteiger partial charge in [0.2, 0.25) is 0 Å². The summed E-state index contributed by atoms with van der Waals surface area (Å²) in [4.78, 5) is 8.08. The van der Waals surface area contributed by atoms with Crippen LogP contribution in [0.5, 0.6) is 0 Å². The molecule has 0 radical (unpaired) electrons. The highest BCUT2D eigenvalue weighted by Crippen LogP contribution is 2.63. The SMILES string of the molecule is CC(C)(C)c1ccc(N2B3c4cc(C(C)(C)C)cc5c4N(c4cc(N(c6ccccc6)c6ccccc6)cc(c43)-c3c2ccc2c3oc3ccccc32)C2(C)CCCCC52C)c(-c2ccccc2)c1. The number of para-hydroxylation sites is 3. The summed E-state index contributed by atoms with van der Waals surface area (Å²) in [6.45, 7) is 19.2. The molecule has 1 fully saturated rings. The Labute approximate surface area is 408 Å². The Bertz CT molecular complexity index is 3490. The second-order valence-corrected chi connectivity index (χ2v) is 22.8. The molecule has 4 heterocycles. The molecule has 2 atom stereocenters. The van der Waals surface area contributed by atoms with E-state index in [0.717, 1.165) is 63.1 Å². The zero-order chi connectivity index (χ0) is 47.2. The predicted octanol–water partition coefficient (Wildman–Crippen LogP) is 16.3. The molecule has 9 aromatic rings. The van der Waals surface area contributed by atoms with Gasteiger partial charge in [0.05, 0.1) is 5.54 Å². The molecule has 0 spiro atoms. The third-order valence-corrected chi connectivity index (χ3v) is 16.9. The molecule has 1 aromatic heterocycles. The molecule has 4 nitrogen and oxygen atoms in total. The zero-order valence-electron chi connectivity index (χ0n) is 41.3. The number of fused-ring (bicyclic) bond motifs is 11. The van der Waals surface area contributed by atoms with E-state index in [0.29, 0.717) is 0 Å². The molecule has 0 saturated heterocycles. The van der Waals surface area contributed by atoms with Gasteiger partial charge in [0.1, 0.15) is 11.2 Å². The zero-order valence-corrected chi connectivity index (χ0v) is 41.3. The lowest BCUT2D eigenvalue weighted by atomic mass is 9.43. The summed E-state index contributed by atoms with van der Waals surface area (Å²) in [5.41, 5.74) is 21.7. The van der Waals surface area contributed by atoms with Gasteiger partial charge >= 0.3 is 6.85 Å². The summed E-state index contributed by atoms with van der Waals surface area (Å²) < 4.78 is 7.23. The van der Waals surface area contributed by atoms with Crippen molar-refractivity contribution in [2.75, 3.05) is 14.6 Å². The highest BCUT2D eigenvalue weighted by Gasteiger charge is 2.62. The summed E-state index contributed by atoms with van der Waals surface area (Å²) >= 11 is 0. The summed E-state index contributed by atoms with van der Waals surface area (Å²) in [7, 11) is 0. The number of nitrogens with zero attached hydrogens (tertiary/aromatic N) is 3. The van der Waals surface area contributed by atoms with Crippen molar-refractivity contribution in [1.29, 1.82) is 0 Å². The van der Waals surface area contributed by atoms with E-state index in [4.69, 9.17) is 4.42 Å². The number of rotatable bonds is 5. The quantitative estimate of drug-likeness (QED) is 0.161. The van der Waals surface area contributed by atoms with E-state index >= 15 is 0 Å². The van der Waals surface area contributed by atoms with Crippen molar-refractivity contribution in [1.82, 2.24) is 0 Å². The van der Waals surface area contributed by atoms with E-state index in [1.807, 2.05) is 0 Å². The van der Waals surface area contributed by atoms with Gasteiger partial charge in [0.15, 0.2) is 0 Å². The standard InChI is InChI=1S/C64H60BN3O/c1-61(2,3)42-30-32-53(49(36-42)41-22-12-9-13-23-41)68-54-33-31-48-47-28-18-19-29-56(47)69-60(48)57(54)50-39-46(66(44-24-14-10-15-25-44)45-26-16-11-17-27-45)40-55-58(50)65(68)52-38-43(62(4,5)6)37-51-59(52)67(55)64(8)35-21-20-34-63(51,64)7/h9-19,22-33,36-40H,20-21,34-35H2,1-8H3. The number of hydrogen-bond acceptors (Lipinski definition) is 4. The van der Waals surface area contributed by atoms with Crippen LogP contribution in [0.1, 0.15) is 97.8 Å². The van der Waals surface area contributed by atoms with E-state index in [1.165, 1.54) is 74.2 Å². The first kappa shape index (κ1) is 42.2. The van der Waals surface area contributed by atoms with E-state index in [1.54, 1.807) is 0 Å². The minimum Gasteiger partial charge on any atom is -0.455 e. The second-order valence-electron chi connectivity index (χ2n) is 22.8. The number of hydrogen-bond donors (Lipinski definition) is 0. The lowest BCUT2D eigenvalue weighted by Crippen LogP contribution is -2.64. The average Bonchev–Trinajstić information content (AvgIpc) is 3.83. The number of anilines is 7. The second kappa shape index (κ2) is 14.8. The van der Waals surface area contributed by atoms with Crippen LogP contribution < -0.4 is 25.5 Å². The fraction of sp³-hybridized carbons (Fsp3) is 0.250. The number of benzene rings is 8. The topological polar surface area (TPSA) is 22.9 Å². The molecule has 13 rings (SSSR count). The smallest absolute Gasteiger partial charge is 0.333 e. The van der Waals surface area contributed by atoms with Crippen molar-refractivity contribution in [3.63, 3.8) is 0 Å². The lowest BCUT2D eigenvalue weighted by Gasteiger charge is -2.53. The van der Waals surface area contributed by atoms with E-state index in [-0.39, 0.29) is 28.6 Å². The third-order valence-electron chi connectivity index (χ3n) is 16.9. The molecule has 340 valence electrons. The lowest BCUT2D eigenvalue weighted by molar-refractivity contribution is 0.195. The largest absolute Gasteiger partial charge is 0.455 e. The minimum atomic E-state index is -0.166. The maximum atomic E-state index is 7.23. The van der Waals surface area contributed by atoms with Gasteiger partial charge in [-0.1, -0.05) is 164 Å². The van der Waals surface area contributed by atoms with Gasteiger partial charge in [-0.2, -0.15) is 0 Å². The molecule has 0 bridgehead atoms. The Kier molecular flexibility index (Phi) is 9.02. The Balaban J connectivity index is 1.22. The number of furan rings is 1. The van der Waals surface area contributed by atoms with Crippen LogP contribution in [-0.4, -0.2) is 12.4 Å². The maximum absolute atomic E-state index is 7.23. The normalized spacial score (nSPS) is 19.1. The van der Waals surface area contributed by atoms with Crippen molar-refractivity contribution in [2.45, 2.75) is 103 Å². The van der Waals surface area contributed by atoms with Crippen LogP contribution in [-0.2, 0) is 16.2 Å². The molecule has 1 saturated carbocycles. The molecule has 69 heavy (non-hydrogen) atoms. The molecule has 3 aliphatic heterocycles. The van der Waals surface area contributed by atoms with Gasteiger partial charge in [-0.3, -0.25) is 0 Å². The molecular weight excluding hydrogens is 838 g/mol. The molecule has 1 aliphatic carbocycles. The average molecular weight is 898 g/mol. The molecule has 5 heteroatoms. The molecular formula is C64H60BN3O. The van der Waals surface area contributed by atoms with Crippen LogP contribution in [0.2, 0.25) is 0 Å². The van der Waals surface area contributed by atoms with Crippen molar-refractivity contribution in [3.8, 4) is 22.3 Å². The Morgan fingerprint density at radius 1 is 0.551 bits per heavy atom. The predicted molar refractivity (Wildman–Crippen MR) is 293 cm³/mol. The van der Waals surface area contributed by atoms with Gasteiger partial charge in [0.25, 0.3) is 0 Å². The third kappa shape index (κ3) is 6.01. The van der Waals surface area contributed by atoms with Gasteiger partial charge in [-0.25, -0.2) is 0 Å². The van der Waals surface area contributed by atoms with Crippen LogP contribution in [0, 0.1) is 0 Å². The van der Waals surface area contributed by atoms with Crippen molar-refractivity contribution >= 4 is 79.5 Å². The summed E-state index contributed by atoms with van der Waals surface area (Å²) in [6, 6.07) is 63.9. The maximum Gasteiger partial charge on any atom is 0.333 e. The van der Waals surface area contributed by atoms with Crippen LogP contribution >= 0.6 is 0 Å². The first-order valence-electron chi connectivity index (χ1n) is 25.3. The van der Waals surface area contributed by atoms with Gasteiger partial charge < -0.3 is 19.0 Å². The van der Waals surface area contributed by atoms with Crippen molar-refractivity contribution < 1.29 is 4.42 Å². The molecule has 0 N–H and O–H groups in total. The van der Waals surface area contributed by atoms with Gasteiger partial charge in [-0.15, -0.1) is 0 Å². The highest BCUT2D eigenvalue weighted by molar-refractivity contribution is 6.94. The van der Waals surface area contributed by atoms with Gasteiger partial charge in [0, 0.05) is 67.1 Å². The van der Waals surface area contributed by atoms with Crippen LogP contribution in [0.4, 0.5) is 39.8 Å². The first-order chi connectivity index (χ1) is 33.2. The monoisotopic (exact) mass is 897 g/mol. The molecule has 0 amide bonds. The van der Waals surface area contributed by atoms with E-state index in [2.05, 4.69) is 240 Å². The molecule has 2 unspecified atom stereocenters. The van der Waals surface area contributed by atoms with Crippen LogP contribution in [0.3, 0.4) is 0 Å². The van der Waals surface area contributed by atoms with Crippen LogP contribution in [0.15, 0.2) is 174 Å². The fourth-order valence-electron chi connectivity index (χ4n) is 13.0. The van der Waals surface area contributed by atoms with Gasteiger partial charge in [-0.05, 0) is 136 Å². The van der Waals surface area contributed by atoms with Crippen LogP contribution in [0.25, 0.3) is 44.2 Å². The van der Waals surface area contributed by atoms with E-state index < -0.39 is 0 Å².